The SMILES string of the molecule is Cc1nc(C(N)C2CCOC3(CCSC3)C2)cs1. The van der Waals surface area contributed by atoms with Gasteiger partial charge in [0.25, 0.3) is 0 Å². The normalized spacial score (nSPS) is 34.0. The van der Waals surface area contributed by atoms with Gasteiger partial charge >= 0.3 is 0 Å². The first kappa shape index (κ1) is 12.9. The molecular formula is C13H20N2OS2. The van der Waals surface area contributed by atoms with Crippen LogP contribution in [0, 0.1) is 12.8 Å². The molecule has 1 aromatic rings. The fraction of sp³-hybridized carbons (Fsp3) is 0.769. The third kappa shape index (κ3) is 2.46. The van der Waals surface area contributed by atoms with E-state index in [4.69, 9.17) is 10.5 Å². The van der Waals surface area contributed by atoms with Crippen molar-refractivity contribution >= 4 is 23.1 Å². The Balaban J connectivity index is 1.72. The quantitative estimate of drug-likeness (QED) is 0.907. The lowest BCUT2D eigenvalue weighted by molar-refractivity contribution is -0.0835. The van der Waals surface area contributed by atoms with E-state index in [1.165, 1.54) is 12.2 Å². The summed E-state index contributed by atoms with van der Waals surface area (Å²) in [6.45, 7) is 2.90. The molecule has 3 heterocycles. The number of aromatic nitrogens is 1. The van der Waals surface area contributed by atoms with E-state index in [0.29, 0.717) is 5.92 Å². The van der Waals surface area contributed by atoms with Crippen LogP contribution in [0.4, 0.5) is 0 Å². The summed E-state index contributed by atoms with van der Waals surface area (Å²) in [5.74, 6) is 2.91. The molecule has 3 nitrogen and oxygen atoms in total. The van der Waals surface area contributed by atoms with E-state index in [2.05, 4.69) is 10.4 Å². The number of hydrogen-bond acceptors (Lipinski definition) is 5. The topological polar surface area (TPSA) is 48.1 Å². The summed E-state index contributed by atoms with van der Waals surface area (Å²) in [4.78, 5) is 4.55. The molecule has 2 N–H and O–H groups in total. The summed E-state index contributed by atoms with van der Waals surface area (Å²) in [7, 11) is 0. The molecule has 2 fully saturated rings. The summed E-state index contributed by atoms with van der Waals surface area (Å²) in [6, 6.07) is 0.0846. The molecule has 18 heavy (non-hydrogen) atoms. The van der Waals surface area contributed by atoms with Crippen LogP contribution in [0.25, 0.3) is 0 Å². The first-order valence-electron chi connectivity index (χ1n) is 6.58. The summed E-state index contributed by atoms with van der Waals surface area (Å²) in [5.41, 5.74) is 7.61. The minimum Gasteiger partial charge on any atom is -0.374 e. The van der Waals surface area contributed by atoms with Gasteiger partial charge in [-0.2, -0.15) is 11.8 Å². The van der Waals surface area contributed by atoms with Crippen LogP contribution in [0.2, 0.25) is 0 Å². The standard InChI is InChI=1S/C13H20N2OS2/c1-9-15-11(7-18-9)12(14)10-2-4-16-13(6-10)3-5-17-8-13/h7,10,12H,2-6,8,14H2,1H3. The number of nitrogens with two attached hydrogens (primary N) is 1. The van der Waals surface area contributed by atoms with Crippen molar-refractivity contribution in [3.8, 4) is 0 Å². The third-order valence-electron chi connectivity index (χ3n) is 4.08. The highest BCUT2D eigenvalue weighted by molar-refractivity contribution is 7.99. The van der Waals surface area contributed by atoms with Gasteiger partial charge in [0.15, 0.2) is 0 Å². The largest absolute Gasteiger partial charge is 0.374 e. The van der Waals surface area contributed by atoms with Crippen molar-refractivity contribution in [2.45, 2.75) is 37.8 Å². The molecule has 0 bridgehead atoms. The maximum atomic E-state index is 6.42. The van der Waals surface area contributed by atoms with Crippen molar-refractivity contribution in [1.29, 1.82) is 0 Å². The van der Waals surface area contributed by atoms with Gasteiger partial charge in [-0.25, -0.2) is 4.98 Å². The zero-order valence-electron chi connectivity index (χ0n) is 10.7. The average molecular weight is 284 g/mol. The monoisotopic (exact) mass is 284 g/mol. The summed E-state index contributed by atoms with van der Waals surface area (Å²) >= 11 is 3.71. The van der Waals surface area contributed by atoms with Gasteiger partial charge in [-0.15, -0.1) is 11.3 Å². The Bertz CT molecular complexity index is 415. The lowest BCUT2D eigenvalue weighted by atomic mass is 9.81. The number of rotatable bonds is 2. The number of aryl methyl sites for hydroxylation is 1. The van der Waals surface area contributed by atoms with Crippen LogP contribution in [0.1, 0.15) is 36.0 Å². The van der Waals surface area contributed by atoms with E-state index < -0.39 is 0 Å². The fourth-order valence-corrected chi connectivity index (χ4v) is 5.05. The summed E-state index contributed by atoms with van der Waals surface area (Å²) < 4.78 is 6.05. The van der Waals surface area contributed by atoms with Gasteiger partial charge in [0, 0.05) is 17.7 Å². The third-order valence-corrected chi connectivity index (χ3v) is 6.10. The van der Waals surface area contributed by atoms with Crippen LogP contribution in [0.15, 0.2) is 5.38 Å². The number of thioether (sulfide) groups is 1. The molecule has 2 aliphatic rings. The first-order valence-corrected chi connectivity index (χ1v) is 8.61. The molecule has 1 aromatic heterocycles. The van der Waals surface area contributed by atoms with Gasteiger partial charge in [-0.05, 0) is 37.9 Å². The minimum atomic E-state index is 0.0846. The number of nitrogens with zero attached hydrogens (tertiary/aromatic N) is 1. The van der Waals surface area contributed by atoms with Crippen molar-refractivity contribution in [2.24, 2.45) is 11.7 Å². The van der Waals surface area contributed by atoms with Crippen molar-refractivity contribution in [3.63, 3.8) is 0 Å². The molecule has 2 aliphatic heterocycles. The molecule has 0 amide bonds. The smallest absolute Gasteiger partial charge is 0.0898 e. The van der Waals surface area contributed by atoms with Crippen LogP contribution in [0.3, 0.4) is 0 Å². The predicted molar refractivity (Wildman–Crippen MR) is 77.1 cm³/mol. The van der Waals surface area contributed by atoms with Crippen LogP contribution < -0.4 is 5.73 Å². The Labute approximate surface area is 117 Å². The molecule has 3 unspecified atom stereocenters. The zero-order valence-corrected chi connectivity index (χ0v) is 12.4. The van der Waals surface area contributed by atoms with Crippen molar-refractivity contribution in [3.05, 3.63) is 16.1 Å². The molecule has 100 valence electrons. The Hall–Kier alpha value is -0.100. The lowest BCUT2D eigenvalue weighted by Gasteiger charge is -2.39. The van der Waals surface area contributed by atoms with Gasteiger partial charge in [0.05, 0.1) is 22.3 Å². The maximum Gasteiger partial charge on any atom is 0.0898 e. The van der Waals surface area contributed by atoms with E-state index in [0.717, 1.165) is 35.9 Å². The van der Waals surface area contributed by atoms with Crippen LogP contribution in [-0.2, 0) is 4.74 Å². The fourth-order valence-electron chi connectivity index (χ4n) is 3.01. The highest BCUT2D eigenvalue weighted by atomic mass is 32.2. The van der Waals surface area contributed by atoms with Crippen LogP contribution in [0.5, 0.6) is 0 Å². The summed E-state index contributed by atoms with van der Waals surface area (Å²) in [6.07, 6.45) is 3.37. The number of hydrogen-bond donors (Lipinski definition) is 1. The second-order valence-corrected chi connectivity index (χ2v) is 7.57. The molecular weight excluding hydrogens is 264 g/mol. The Kier molecular flexibility index (Phi) is 3.67. The van der Waals surface area contributed by atoms with Crippen molar-refractivity contribution < 1.29 is 4.74 Å². The minimum absolute atomic E-state index is 0.0846. The van der Waals surface area contributed by atoms with Gasteiger partial charge in [0.2, 0.25) is 0 Å². The van der Waals surface area contributed by atoms with Gasteiger partial charge < -0.3 is 10.5 Å². The van der Waals surface area contributed by atoms with E-state index in [9.17, 15) is 0 Å². The van der Waals surface area contributed by atoms with Crippen molar-refractivity contribution in [1.82, 2.24) is 4.98 Å². The van der Waals surface area contributed by atoms with E-state index in [-0.39, 0.29) is 11.6 Å². The second kappa shape index (κ2) is 5.12. The van der Waals surface area contributed by atoms with Crippen LogP contribution in [-0.4, -0.2) is 28.7 Å². The lowest BCUT2D eigenvalue weighted by Crippen LogP contribution is -2.42. The molecule has 0 aliphatic carbocycles. The molecule has 3 atom stereocenters. The number of ether oxygens (including phenoxy) is 1. The van der Waals surface area contributed by atoms with Gasteiger partial charge in [-0.3, -0.25) is 0 Å². The van der Waals surface area contributed by atoms with Crippen molar-refractivity contribution in [2.75, 3.05) is 18.1 Å². The second-order valence-electron chi connectivity index (χ2n) is 5.40. The van der Waals surface area contributed by atoms with Crippen LogP contribution >= 0.6 is 23.1 Å². The number of thiazole rings is 1. The Morgan fingerprint density at radius 3 is 3.17 bits per heavy atom. The Morgan fingerprint density at radius 2 is 2.50 bits per heavy atom. The molecule has 2 saturated heterocycles. The predicted octanol–water partition coefficient (Wildman–Crippen LogP) is 2.75. The van der Waals surface area contributed by atoms with E-state index in [1.54, 1.807) is 11.3 Å². The highest BCUT2D eigenvalue weighted by Gasteiger charge is 2.42. The van der Waals surface area contributed by atoms with Gasteiger partial charge in [0.1, 0.15) is 0 Å². The molecule has 1 spiro atoms. The van der Waals surface area contributed by atoms with Gasteiger partial charge in [-0.1, -0.05) is 0 Å². The molecule has 3 rings (SSSR count). The molecule has 0 aromatic carbocycles. The molecule has 5 heteroatoms. The first-order chi connectivity index (χ1) is 8.69. The highest BCUT2D eigenvalue weighted by Crippen LogP contribution is 2.43. The zero-order chi connectivity index (χ0) is 12.6. The molecule has 0 radical (unpaired) electrons. The Morgan fingerprint density at radius 1 is 1.61 bits per heavy atom. The maximum absolute atomic E-state index is 6.42. The van der Waals surface area contributed by atoms with E-state index >= 15 is 0 Å². The summed E-state index contributed by atoms with van der Waals surface area (Å²) in [5, 5.41) is 3.23. The van der Waals surface area contributed by atoms with E-state index in [1.807, 2.05) is 18.7 Å². The average Bonchev–Trinajstić information content (AvgIpc) is 2.98. The molecule has 0 saturated carbocycles.